The molecule has 0 spiro atoms. The molecule has 0 fully saturated rings. The number of nitrogens with two attached hydrogens (primary N) is 1. The lowest BCUT2D eigenvalue weighted by Gasteiger charge is -2.22. The van der Waals surface area contributed by atoms with Gasteiger partial charge in [-0.3, -0.25) is 0 Å². The normalized spacial score (nSPS) is 16.2. The Kier molecular flexibility index (Phi) is 4.52. The predicted octanol–water partition coefficient (Wildman–Crippen LogP) is 0.719. The summed E-state index contributed by atoms with van der Waals surface area (Å²) in [5.41, 5.74) is 5.60. The van der Waals surface area contributed by atoms with Gasteiger partial charge in [-0.25, -0.2) is 13.1 Å². The molecule has 0 aromatic heterocycles. The van der Waals surface area contributed by atoms with Gasteiger partial charge in [0.25, 0.3) is 0 Å². The molecule has 1 atom stereocenters. The number of nitrogens with one attached hydrogen (secondary N) is 1. The maximum Gasteiger partial charge on any atom is 0.241 e. The molecule has 1 aromatic carbocycles. The third-order valence-corrected chi connectivity index (χ3v) is 4.68. The summed E-state index contributed by atoms with van der Waals surface area (Å²) in [5, 5.41) is 0. The highest BCUT2D eigenvalue weighted by molar-refractivity contribution is 7.89. The van der Waals surface area contributed by atoms with Gasteiger partial charge in [-0.15, -0.1) is 0 Å². The number of sulfonamides is 1. The molecule has 0 aliphatic carbocycles. The van der Waals surface area contributed by atoms with Crippen LogP contribution in [0.2, 0.25) is 0 Å². The van der Waals surface area contributed by atoms with Crippen LogP contribution in [0, 0.1) is 5.92 Å². The van der Waals surface area contributed by atoms with Crippen molar-refractivity contribution in [3.63, 3.8) is 0 Å². The Bertz CT molecular complexity index is 572. The zero-order valence-electron chi connectivity index (χ0n) is 11.6. The summed E-state index contributed by atoms with van der Waals surface area (Å²) < 4.78 is 38.0. The van der Waals surface area contributed by atoms with Crippen molar-refractivity contribution in [2.24, 2.45) is 11.7 Å². The lowest BCUT2D eigenvalue weighted by molar-refractivity contribution is 0.171. The fraction of sp³-hybridized carbons (Fsp3) is 0.538. The van der Waals surface area contributed by atoms with Crippen LogP contribution in [0.3, 0.4) is 0 Å². The molecule has 0 saturated heterocycles. The van der Waals surface area contributed by atoms with Gasteiger partial charge in [0.1, 0.15) is 13.2 Å². The highest BCUT2D eigenvalue weighted by Gasteiger charge is 2.23. The lowest BCUT2D eigenvalue weighted by Crippen LogP contribution is -2.43. The monoisotopic (exact) mass is 300 g/mol. The standard InChI is InChI=1S/C13H20N2O4S/c1-9(2)11(8-14)15-20(16,17)10-3-4-12-13(7-10)19-6-5-18-12/h3-4,7,9,11,15H,5-6,8,14H2,1-2H3. The van der Waals surface area contributed by atoms with Crippen molar-refractivity contribution in [1.82, 2.24) is 4.72 Å². The number of benzene rings is 1. The zero-order chi connectivity index (χ0) is 14.8. The molecule has 7 heteroatoms. The molecule has 1 aliphatic heterocycles. The van der Waals surface area contributed by atoms with Crippen LogP contribution < -0.4 is 19.9 Å². The molecule has 0 saturated carbocycles. The fourth-order valence-corrected chi connectivity index (χ4v) is 3.33. The van der Waals surface area contributed by atoms with Crippen molar-refractivity contribution < 1.29 is 17.9 Å². The number of rotatable bonds is 5. The number of hydrogen-bond acceptors (Lipinski definition) is 5. The van der Waals surface area contributed by atoms with E-state index >= 15 is 0 Å². The van der Waals surface area contributed by atoms with E-state index in [-0.39, 0.29) is 23.4 Å². The third kappa shape index (κ3) is 3.23. The quantitative estimate of drug-likeness (QED) is 0.836. The Morgan fingerprint density at radius 1 is 1.25 bits per heavy atom. The van der Waals surface area contributed by atoms with E-state index in [1.54, 1.807) is 6.07 Å². The molecule has 1 unspecified atom stereocenters. The smallest absolute Gasteiger partial charge is 0.241 e. The Balaban J connectivity index is 2.25. The molecule has 1 aliphatic rings. The maximum atomic E-state index is 12.3. The van der Waals surface area contributed by atoms with E-state index in [1.165, 1.54) is 12.1 Å². The van der Waals surface area contributed by atoms with E-state index < -0.39 is 10.0 Å². The van der Waals surface area contributed by atoms with Crippen LogP contribution in [-0.2, 0) is 10.0 Å². The van der Waals surface area contributed by atoms with Gasteiger partial charge in [0, 0.05) is 18.7 Å². The number of fused-ring (bicyclic) bond motifs is 1. The molecular formula is C13H20N2O4S. The first-order chi connectivity index (χ1) is 9.44. The predicted molar refractivity (Wildman–Crippen MR) is 75.4 cm³/mol. The van der Waals surface area contributed by atoms with Crippen molar-refractivity contribution in [1.29, 1.82) is 0 Å². The van der Waals surface area contributed by atoms with Gasteiger partial charge in [0.05, 0.1) is 4.90 Å². The maximum absolute atomic E-state index is 12.3. The van der Waals surface area contributed by atoms with Crippen molar-refractivity contribution in [3.8, 4) is 11.5 Å². The van der Waals surface area contributed by atoms with Crippen LogP contribution in [-0.4, -0.2) is 34.2 Å². The van der Waals surface area contributed by atoms with E-state index in [1.807, 2.05) is 13.8 Å². The van der Waals surface area contributed by atoms with E-state index in [2.05, 4.69) is 4.72 Å². The lowest BCUT2D eigenvalue weighted by atomic mass is 10.1. The second-order valence-electron chi connectivity index (χ2n) is 5.01. The SMILES string of the molecule is CC(C)C(CN)NS(=O)(=O)c1ccc2c(c1)OCCO2. The van der Waals surface area contributed by atoms with Crippen molar-refractivity contribution in [2.45, 2.75) is 24.8 Å². The molecule has 20 heavy (non-hydrogen) atoms. The minimum Gasteiger partial charge on any atom is -0.486 e. The molecule has 112 valence electrons. The van der Waals surface area contributed by atoms with Crippen LogP contribution in [0.4, 0.5) is 0 Å². The summed E-state index contributed by atoms with van der Waals surface area (Å²) in [5.74, 6) is 1.13. The van der Waals surface area contributed by atoms with Gasteiger partial charge in [-0.2, -0.15) is 0 Å². The first kappa shape index (κ1) is 15.1. The van der Waals surface area contributed by atoms with Crippen molar-refractivity contribution in [3.05, 3.63) is 18.2 Å². The minimum atomic E-state index is -3.62. The molecule has 0 amide bonds. The molecule has 0 radical (unpaired) electrons. The summed E-state index contributed by atoms with van der Waals surface area (Å²) in [6, 6.07) is 4.29. The third-order valence-electron chi connectivity index (χ3n) is 3.19. The van der Waals surface area contributed by atoms with Gasteiger partial charge in [0.2, 0.25) is 10.0 Å². The second-order valence-corrected chi connectivity index (χ2v) is 6.73. The van der Waals surface area contributed by atoms with Gasteiger partial charge in [-0.1, -0.05) is 13.8 Å². The van der Waals surface area contributed by atoms with Crippen molar-refractivity contribution >= 4 is 10.0 Å². The highest BCUT2D eigenvalue weighted by atomic mass is 32.2. The molecular weight excluding hydrogens is 280 g/mol. The van der Waals surface area contributed by atoms with Gasteiger partial charge in [-0.05, 0) is 18.1 Å². The molecule has 3 N–H and O–H groups in total. The van der Waals surface area contributed by atoms with Gasteiger partial charge < -0.3 is 15.2 Å². The first-order valence-corrected chi connectivity index (χ1v) is 8.04. The molecule has 6 nitrogen and oxygen atoms in total. The fourth-order valence-electron chi connectivity index (χ4n) is 1.91. The Morgan fingerprint density at radius 3 is 2.50 bits per heavy atom. The first-order valence-electron chi connectivity index (χ1n) is 6.56. The Hall–Kier alpha value is -1.31. The second kappa shape index (κ2) is 5.99. The van der Waals surface area contributed by atoms with Crippen LogP contribution in [0.1, 0.15) is 13.8 Å². The van der Waals surface area contributed by atoms with Gasteiger partial charge in [0.15, 0.2) is 11.5 Å². The van der Waals surface area contributed by atoms with Gasteiger partial charge >= 0.3 is 0 Å². The summed E-state index contributed by atoms with van der Waals surface area (Å²) in [6.45, 7) is 4.98. The summed E-state index contributed by atoms with van der Waals surface area (Å²) >= 11 is 0. The van der Waals surface area contributed by atoms with Crippen LogP contribution >= 0.6 is 0 Å². The van der Waals surface area contributed by atoms with E-state index in [0.29, 0.717) is 24.7 Å². The Morgan fingerprint density at radius 2 is 1.90 bits per heavy atom. The molecule has 2 rings (SSSR count). The average Bonchev–Trinajstić information content (AvgIpc) is 2.44. The number of hydrogen-bond donors (Lipinski definition) is 2. The van der Waals surface area contributed by atoms with E-state index in [0.717, 1.165) is 0 Å². The minimum absolute atomic E-state index is 0.118. The highest BCUT2D eigenvalue weighted by Crippen LogP contribution is 2.32. The Labute approximate surface area is 119 Å². The summed E-state index contributed by atoms with van der Waals surface area (Å²) in [4.78, 5) is 0.154. The molecule has 1 aromatic rings. The number of ether oxygens (including phenoxy) is 2. The summed E-state index contributed by atoms with van der Waals surface area (Å²) in [7, 11) is -3.62. The largest absolute Gasteiger partial charge is 0.486 e. The van der Waals surface area contributed by atoms with Crippen LogP contribution in [0.25, 0.3) is 0 Å². The average molecular weight is 300 g/mol. The zero-order valence-corrected chi connectivity index (χ0v) is 12.4. The van der Waals surface area contributed by atoms with Crippen molar-refractivity contribution in [2.75, 3.05) is 19.8 Å². The molecule has 0 bridgehead atoms. The van der Waals surface area contributed by atoms with E-state index in [4.69, 9.17) is 15.2 Å². The van der Waals surface area contributed by atoms with Crippen LogP contribution in [0.15, 0.2) is 23.1 Å². The summed E-state index contributed by atoms with van der Waals surface area (Å²) in [6.07, 6.45) is 0. The molecule has 1 heterocycles. The van der Waals surface area contributed by atoms with E-state index in [9.17, 15) is 8.42 Å². The van der Waals surface area contributed by atoms with Crippen LogP contribution in [0.5, 0.6) is 11.5 Å². The topological polar surface area (TPSA) is 90.7 Å².